The molecule has 0 aliphatic heterocycles. The Bertz CT molecular complexity index is 421. The molecule has 0 atom stereocenters. The average molecular weight is 233 g/mol. The van der Waals surface area contributed by atoms with Crippen molar-refractivity contribution in [3.63, 3.8) is 0 Å². The molecule has 0 unspecified atom stereocenters. The van der Waals surface area contributed by atoms with Crippen molar-refractivity contribution in [1.29, 1.82) is 0 Å². The molecule has 16 heavy (non-hydrogen) atoms. The Morgan fingerprint density at radius 2 is 2.00 bits per heavy atom. The highest BCUT2D eigenvalue weighted by Gasteiger charge is 2.24. The van der Waals surface area contributed by atoms with Crippen LogP contribution in [-0.4, -0.2) is 26.5 Å². The molecule has 1 N–H and O–H groups in total. The first-order valence-corrected chi connectivity index (χ1v) is 4.42. The lowest BCUT2D eigenvalue weighted by Crippen LogP contribution is -2.21. The summed E-state index contributed by atoms with van der Waals surface area (Å²) >= 11 is 0. The van der Waals surface area contributed by atoms with Crippen LogP contribution >= 0.6 is 0 Å². The smallest absolute Gasteiger partial charge is 0.182 e. The lowest BCUT2D eigenvalue weighted by Gasteiger charge is -2.08. The highest BCUT2D eigenvalue weighted by Crippen LogP contribution is 2.25. The van der Waals surface area contributed by atoms with E-state index in [9.17, 15) is 18.0 Å². The fourth-order valence-electron chi connectivity index (χ4n) is 1.22. The number of ketones is 1. The zero-order valence-electron chi connectivity index (χ0n) is 8.73. The monoisotopic (exact) mass is 233 g/mol. The van der Waals surface area contributed by atoms with Crippen LogP contribution < -0.4 is 10.1 Å². The number of halogens is 3. The molecule has 0 radical (unpaired) electrons. The number of methoxy groups -OCH3 is 1. The number of carbonyl (C=O) groups excluding carboxylic acids is 1. The second-order valence-electron chi connectivity index (χ2n) is 3.02. The van der Waals surface area contributed by atoms with Crippen LogP contribution in [0.15, 0.2) is 6.07 Å². The average Bonchev–Trinajstić information content (AvgIpc) is 2.24. The van der Waals surface area contributed by atoms with Gasteiger partial charge in [0.05, 0.1) is 19.2 Å². The molecule has 0 aromatic heterocycles. The summed E-state index contributed by atoms with van der Waals surface area (Å²) in [5.74, 6) is -5.40. The maximum absolute atomic E-state index is 13.5. The second-order valence-corrected chi connectivity index (χ2v) is 3.02. The molecule has 0 fully saturated rings. The topological polar surface area (TPSA) is 38.3 Å². The minimum absolute atomic E-state index is 0.291. The number of Topliss-reactive ketones (excluding diaryl/α,β-unsaturated/α-hetero) is 1. The van der Waals surface area contributed by atoms with Crippen LogP contribution in [0.2, 0.25) is 0 Å². The quantitative estimate of drug-likeness (QED) is 0.633. The molecule has 0 aliphatic carbocycles. The lowest BCUT2D eigenvalue weighted by atomic mass is 10.1. The third-order valence-corrected chi connectivity index (χ3v) is 1.96. The van der Waals surface area contributed by atoms with Gasteiger partial charge in [-0.15, -0.1) is 0 Å². The Kier molecular flexibility index (Phi) is 3.89. The Morgan fingerprint density at radius 1 is 1.38 bits per heavy atom. The van der Waals surface area contributed by atoms with Crippen molar-refractivity contribution in [2.24, 2.45) is 0 Å². The first kappa shape index (κ1) is 12.5. The SMILES string of the molecule is CNCC(=O)c1c(F)c(F)cc(OC)c1F. The van der Waals surface area contributed by atoms with Gasteiger partial charge in [-0.05, 0) is 7.05 Å². The number of likely N-dealkylation sites (N-methyl/N-ethyl adjacent to an activating group) is 1. The van der Waals surface area contributed by atoms with E-state index in [2.05, 4.69) is 10.1 Å². The van der Waals surface area contributed by atoms with Crippen LogP contribution in [0.25, 0.3) is 0 Å². The summed E-state index contributed by atoms with van der Waals surface area (Å²) in [5.41, 5.74) is -0.925. The van der Waals surface area contributed by atoms with Crippen molar-refractivity contribution >= 4 is 5.78 Å². The standard InChI is InChI=1S/C10H10F3NO2/c1-14-4-6(15)8-9(12)5(11)3-7(16-2)10(8)13/h3,14H,4H2,1-2H3. The number of nitrogens with one attached hydrogen (secondary N) is 1. The number of hydrogen-bond acceptors (Lipinski definition) is 3. The van der Waals surface area contributed by atoms with Crippen LogP contribution in [-0.2, 0) is 0 Å². The van der Waals surface area contributed by atoms with Crippen molar-refractivity contribution in [1.82, 2.24) is 5.32 Å². The van der Waals surface area contributed by atoms with E-state index >= 15 is 0 Å². The molecule has 0 bridgehead atoms. The summed E-state index contributed by atoms with van der Waals surface area (Å²) in [6.07, 6.45) is 0. The molecule has 0 saturated heterocycles. The summed E-state index contributed by atoms with van der Waals surface area (Å²) in [5, 5.41) is 2.43. The van der Waals surface area contributed by atoms with Crippen molar-refractivity contribution < 1.29 is 22.7 Å². The minimum atomic E-state index is -1.50. The highest BCUT2D eigenvalue weighted by atomic mass is 19.2. The number of ether oxygens (including phenoxy) is 1. The van der Waals surface area contributed by atoms with Crippen molar-refractivity contribution in [2.75, 3.05) is 20.7 Å². The van der Waals surface area contributed by atoms with Gasteiger partial charge in [0.25, 0.3) is 0 Å². The van der Waals surface area contributed by atoms with Crippen LogP contribution in [0, 0.1) is 17.5 Å². The van der Waals surface area contributed by atoms with Gasteiger partial charge < -0.3 is 10.1 Å². The van der Waals surface area contributed by atoms with E-state index in [1.165, 1.54) is 7.05 Å². The van der Waals surface area contributed by atoms with Crippen molar-refractivity contribution in [3.8, 4) is 5.75 Å². The van der Waals surface area contributed by atoms with Gasteiger partial charge in [0.15, 0.2) is 29.0 Å². The van der Waals surface area contributed by atoms with E-state index in [1.807, 2.05) is 0 Å². The molecule has 3 nitrogen and oxygen atoms in total. The maximum Gasteiger partial charge on any atom is 0.182 e. The van der Waals surface area contributed by atoms with Crippen LogP contribution in [0.5, 0.6) is 5.75 Å². The third-order valence-electron chi connectivity index (χ3n) is 1.96. The summed E-state index contributed by atoms with van der Waals surface area (Å²) in [4.78, 5) is 11.3. The lowest BCUT2D eigenvalue weighted by molar-refractivity contribution is 0.0983. The fraction of sp³-hybridized carbons (Fsp3) is 0.300. The van der Waals surface area contributed by atoms with Gasteiger partial charge in [-0.2, -0.15) is 0 Å². The predicted molar refractivity (Wildman–Crippen MR) is 51.1 cm³/mol. The largest absolute Gasteiger partial charge is 0.494 e. The van der Waals surface area contributed by atoms with Gasteiger partial charge in [-0.3, -0.25) is 4.79 Å². The van der Waals surface area contributed by atoms with Gasteiger partial charge in [-0.1, -0.05) is 0 Å². The molecule has 0 saturated carbocycles. The summed E-state index contributed by atoms with van der Waals surface area (Å²) < 4.78 is 44.2. The second kappa shape index (κ2) is 4.98. The Hall–Kier alpha value is -1.56. The molecular weight excluding hydrogens is 223 g/mol. The van der Waals surface area contributed by atoms with Crippen LogP contribution in [0.3, 0.4) is 0 Å². The van der Waals surface area contributed by atoms with E-state index in [1.54, 1.807) is 0 Å². The number of carbonyl (C=O) groups is 1. The Morgan fingerprint density at radius 3 is 2.50 bits per heavy atom. The number of hydrogen-bond donors (Lipinski definition) is 1. The number of benzene rings is 1. The first-order valence-electron chi connectivity index (χ1n) is 4.42. The minimum Gasteiger partial charge on any atom is -0.494 e. The fourth-order valence-corrected chi connectivity index (χ4v) is 1.22. The molecule has 0 spiro atoms. The summed E-state index contributed by atoms with van der Waals surface area (Å²) in [6.45, 7) is -0.291. The van der Waals surface area contributed by atoms with Gasteiger partial charge in [0, 0.05) is 6.07 Å². The number of rotatable bonds is 4. The van der Waals surface area contributed by atoms with E-state index in [0.717, 1.165) is 7.11 Å². The molecule has 0 amide bonds. The zero-order valence-corrected chi connectivity index (χ0v) is 8.73. The summed E-state index contributed by atoms with van der Waals surface area (Å²) in [6, 6.07) is 0.556. The molecule has 6 heteroatoms. The van der Waals surface area contributed by atoms with Crippen molar-refractivity contribution in [2.45, 2.75) is 0 Å². The van der Waals surface area contributed by atoms with Gasteiger partial charge in [0.1, 0.15) is 0 Å². The molecule has 1 rings (SSSR count). The molecule has 88 valence electrons. The van der Waals surface area contributed by atoms with E-state index in [4.69, 9.17) is 0 Å². The van der Waals surface area contributed by atoms with E-state index < -0.39 is 34.5 Å². The maximum atomic E-state index is 13.5. The van der Waals surface area contributed by atoms with E-state index in [0.29, 0.717) is 6.07 Å². The Balaban J connectivity index is 3.35. The molecule has 1 aromatic rings. The van der Waals surface area contributed by atoms with E-state index in [-0.39, 0.29) is 6.54 Å². The Labute approximate surface area is 90.2 Å². The molecule has 0 heterocycles. The molecule has 1 aromatic carbocycles. The predicted octanol–water partition coefficient (Wildman–Crippen LogP) is 1.51. The normalized spacial score (nSPS) is 10.3. The highest BCUT2D eigenvalue weighted by molar-refractivity contribution is 5.98. The first-order chi connectivity index (χ1) is 7.52. The van der Waals surface area contributed by atoms with Gasteiger partial charge >= 0.3 is 0 Å². The van der Waals surface area contributed by atoms with Crippen molar-refractivity contribution in [3.05, 3.63) is 29.1 Å². The third kappa shape index (κ3) is 2.16. The molecule has 0 aliphatic rings. The van der Waals surface area contributed by atoms with Crippen LogP contribution in [0.1, 0.15) is 10.4 Å². The van der Waals surface area contributed by atoms with Gasteiger partial charge in [-0.25, -0.2) is 13.2 Å². The molecular formula is C10H10F3NO2. The zero-order chi connectivity index (χ0) is 12.3. The van der Waals surface area contributed by atoms with Crippen LogP contribution in [0.4, 0.5) is 13.2 Å². The van der Waals surface area contributed by atoms with Gasteiger partial charge in [0.2, 0.25) is 0 Å². The summed E-state index contributed by atoms with van der Waals surface area (Å²) in [7, 11) is 2.53.